The van der Waals surface area contributed by atoms with Crippen molar-refractivity contribution in [3.63, 3.8) is 0 Å². The first-order valence-electron chi connectivity index (χ1n) is 9.19. The highest BCUT2D eigenvalue weighted by Crippen LogP contribution is 2.37. The van der Waals surface area contributed by atoms with Crippen LogP contribution in [0.2, 0.25) is 0 Å². The maximum Gasteiger partial charge on any atom is 0.180 e. The van der Waals surface area contributed by atoms with Gasteiger partial charge in [0.05, 0.1) is 28.3 Å². The lowest BCUT2D eigenvalue weighted by Crippen LogP contribution is -2.58. The molecule has 0 amide bonds. The molecule has 0 aliphatic carbocycles. The Labute approximate surface area is 174 Å². The van der Waals surface area contributed by atoms with E-state index in [-0.39, 0.29) is 35.8 Å². The van der Waals surface area contributed by atoms with Crippen LogP contribution in [0.15, 0.2) is 59.5 Å². The van der Waals surface area contributed by atoms with Crippen molar-refractivity contribution < 1.29 is 18.6 Å². The molecule has 0 aromatic heterocycles. The Balaban J connectivity index is 0.00000196. The van der Waals surface area contributed by atoms with Crippen LogP contribution >= 0.6 is 12.4 Å². The van der Waals surface area contributed by atoms with E-state index in [9.17, 15) is 8.42 Å². The Bertz CT molecular complexity index is 860. The van der Waals surface area contributed by atoms with Crippen molar-refractivity contribution in [1.82, 2.24) is 5.32 Å². The Morgan fingerprint density at radius 1 is 1.11 bits per heavy atom. The van der Waals surface area contributed by atoms with Gasteiger partial charge in [-0.3, -0.25) is 5.32 Å². The summed E-state index contributed by atoms with van der Waals surface area (Å²) in [7, 11) is -3.44. The summed E-state index contributed by atoms with van der Waals surface area (Å²) in [5.74, 6) is 0.0258. The zero-order chi connectivity index (χ0) is 18.8. The van der Waals surface area contributed by atoms with E-state index in [1.807, 2.05) is 63.2 Å². The molecule has 0 fully saturated rings. The van der Waals surface area contributed by atoms with Gasteiger partial charge in [0.25, 0.3) is 0 Å². The molecular weight excluding hydrogens is 398 g/mol. The number of nitrogens with one attached hydrogen (secondary N) is 1. The average Bonchev–Trinajstić information content (AvgIpc) is 2.76. The number of fused-ring (bicyclic) bond motifs is 1. The van der Waals surface area contributed by atoms with E-state index >= 15 is 0 Å². The average molecular weight is 428 g/mol. The van der Waals surface area contributed by atoms with Crippen LogP contribution in [0.4, 0.5) is 0 Å². The summed E-state index contributed by atoms with van der Waals surface area (Å²) in [6.07, 6.45) is 0.429. The third-order valence-corrected chi connectivity index (χ3v) is 7.34. The number of hydrogen-bond acceptors (Lipinski definition) is 4. The molecule has 0 radical (unpaired) electrons. The Hall–Kier alpha value is -1.44. The van der Waals surface area contributed by atoms with E-state index in [0.29, 0.717) is 17.9 Å². The van der Waals surface area contributed by atoms with E-state index in [1.54, 1.807) is 12.1 Å². The summed E-state index contributed by atoms with van der Waals surface area (Å²) < 4.78 is 32.4. The summed E-state index contributed by atoms with van der Waals surface area (Å²) in [5.41, 5.74) is 1.20. The van der Waals surface area contributed by atoms with Crippen molar-refractivity contribution in [2.75, 3.05) is 12.4 Å². The van der Waals surface area contributed by atoms with Gasteiger partial charge in [-0.1, -0.05) is 55.5 Å². The second-order valence-electron chi connectivity index (χ2n) is 6.89. The lowest BCUT2D eigenvalue weighted by atomic mass is 9.88. The van der Waals surface area contributed by atoms with Crippen LogP contribution in [-0.4, -0.2) is 37.9 Å². The molecule has 28 heavy (non-hydrogen) atoms. The van der Waals surface area contributed by atoms with Crippen molar-refractivity contribution in [1.29, 1.82) is 0 Å². The van der Waals surface area contributed by atoms with Gasteiger partial charge in [0.2, 0.25) is 0 Å². The number of ether oxygens (including phenoxy) is 1. The lowest BCUT2D eigenvalue weighted by Gasteiger charge is -2.40. The van der Waals surface area contributed by atoms with Gasteiger partial charge in [-0.05, 0) is 37.5 Å². The van der Waals surface area contributed by atoms with Crippen LogP contribution in [0, 0.1) is 0 Å². The zero-order valence-corrected chi connectivity index (χ0v) is 18.1. The number of halogens is 1. The molecule has 0 bridgehead atoms. The molecule has 2 aromatic carbocycles. The molecule has 1 heterocycles. The SMILES string of the molecule is CCOC(C)[C@@]1(CC)CS(=O)(=O)c2ccccc2[C@H](c2ccccc2)N1.Cl.O. The van der Waals surface area contributed by atoms with Crippen molar-refractivity contribution in [3.8, 4) is 0 Å². The van der Waals surface area contributed by atoms with Crippen LogP contribution in [0.5, 0.6) is 0 Å². The quantitative estimate of drug-likeness (QED) is 0.792. The van der Waals surface area contributed by atoms with Crippen LogP contribution in [-0.2, 0) is 14.6 Å². The van der Waals surface area contributed by atoms with Gasteiger partial charge in [-0.2, -0.15) is 0 Å². The van der Waals surface area contributed by atoms with Crippen molar-refractivity contribution >= 4 is 22.2 Å². The molecule has 2 aromatic rings. The zero-order valence-electron chi connectivity index (χ0n) is 16.5. The third kappa shape index (κ3) is 4.58. The highest BCUT2D eigenvalue weighted by molar-refractivity contribution is 7.91. The molecule has 0 spiro atoms. The Kier molecular flexibility index (Phi) is 8.65. The third-order valence-electron chi connectivity index (χ3n) is 5.40. The van der Waals surface area contributed by atoms with Crippen molar-refractivity contribution in [3.05, 3.63) is 65.7 Å². The minimum absolute atomic E-state index is 0. The van der Waals surface area contributed by atoms with Gasteiger partial charge < -0.3 is 10.2 Å². The summed E-state index contributed by atoms with van der Waals surface area (Å²) in [6, 6.07) is 17.1. The standard InChI is InChI=1S/C21H27NO3S.ClH.H2O/c1-4-21(16(3)25-5-2)15-26(23,24)19-14-10-9-13-18(19)20(22-21)17-11-7-6-8-12-17;;/h6-14,16,20,22H,4-5,15H2,1-3H3;1H;1H2/t16?,20-,21+;;/m0../s1. The van der Waals surface area contributed by atoms with E-state index in [1.165, 1.54) is 0 Å². The minimum atomic E-state index is -3.44. The van der Waals surface area contributed by atoms with Crippen LogP contribution in [0.25, 0.3) is 0 Å². The Morgan fingerprint density at radius 3 is 2.32 bits per heavy atom. The summed E-state index contributed by atoms with van der Waals surface area (Å²) in [5, 5.41) is 3.69. The van der Waals surface area contributed by atoms with Gasteiger partial charge in [0.15, 0.2) is 9.84 Å². The first kappa shape index (κ1) is 24.6. The first-order chi connectivity index (χ1) is 12.4. The number of sulfone groups is 1. The van der Waals surface area contributed by atoms with Gasteiger partial charge in [0, 0.05) is 6.61 Å². The molecule has 0 saturated carbocycles. The van der Waals surface area contributed by atoms with Crippen molar-refractivity contribution in [2.45, 2.75) is 49.8 Å². The molecule has 7 heteroatoms. The normalized spacial score (nSPS) is 24.0. The monoisotopic (exact) mass is 427 g/mol. The molecule has 3 atom stereocenters. The van der Waals surface area contributed by atoms with Gasteiger partial charge >= 0.3 is 0 Å². The first-order valence-corrected chi connectivity index (χ1v) is 10.8. The second-order valence-corrected chi connectivity index (χ2v) is 8.85. The molecule has 1 aliphatic rings. The molecule has 1 aliphatic heterocycles. The summed E-state index contributed by atoms with van der Waals surface area (Å²) >= 11 is 0. The predicted molar refractivity (Wildman–Crippen MR) is 115 cm³/mol. The molecule has 5 nitrogen and oxygen atoms in total. The fraction of sp³-hybridized carbons (Fsp3) is 0.429. The fourth-order valence-electron chi connectivity index (χ4n) is 3.87. The van der Waals surface area contributed by atoms with Crippen LogP contribution in [0.1, 0.15) is 44.4 Å². The maximum atomic E-state index is 13.3. The van der Waals surface area contributed by atoms with Gasteiger partial charge in [-0.25, -0.2) is 8.42 Å². The van der Waals surface area contributed by atoms with E-state index < -0.39 is 15.4 Å². The smallest absolute Gasteiger partial charge is 0.180 e. The maximum absolute atomic E-state index is 13.3. The summed E-state index contributed by atoms with van der Waals surface area (Å²) in [4.78, 5) is 0.417. The molecule has 3 N–H and O–H groups in total. The number of rotatable bonds is 5. The van der Waals surface area contributed by atoms with Crippen LogP contribution < -0.4 is 5.32 Å². The minimum Gasteiger partial charge on any atom is -0.412 e. The number of benzene rings is 2. The van der Waals surface area contributed by atoms with Gasteiger partial charge in [0.1, 0.15) is 0 Å². The Morgan fingerprint density at radius 2 is 1.71 bits per heavy atom. The largest absolute Gasteiger partial charge is 0.412 e. The fourth-order valence-corrected chi connectivity index (χ4v) is 6.06. The van der Waals surface area contributed by atoms with Crippen molar-refractivity contribution in [2.24, 2.45) is 0 Å². The highest BCUT2D eigenvalue weighted by atomic mass is 35.5. The van der Waals surface area contributed by atoms with E-state index in [4.69, 9.17) is 4.74 Å². The summed E-state index contributed by atoms with van der Waals surface area (Å²) in [6.45, 7) is 6.48. The lowest BCUT2D eigenvalue weighted by molar-refractivity contribution is 0.00630. The van der Waals surface area contributed by atoms with Gasteiger partial charge in [-0.15, -0.1) is 12.4 Å². The topological polar surface area (TPSA) is 86.9 Å². The molecule has 0 saturated heterocycles. The van der Waals surface area contributed by atoms with E-state index in [2.05, 4.69) is 5.32 Å². The van der Waals surface area contributed by atoms with Crippen LogP contribution in [0.3, 0.4) is 0 Å². The molecule has 3 rings (SSSR count). The molecular formula is C21H30ClNO4S. The molecule has 1 unspecified atom stereocenters. The number of hydrogen-bond donors (Lipinski definition) is 1. The second kappa shape index (κ2) is 9.85. The van der Waals surface area contributed by atoms with E-state index in [0.717, 1.165) is 11.1 Å². The highest BCUT2D eigenvalue weighted by Gasteiger charge is 2.45. The molecule has 156 valence electrons. The predicted octanol–water partition coefficient (Wildman–Crippen LogP) is 3.32.